The van der Waals surface area contributed by atoms with Gasteiger partial charge in [-0.2, -0.15) is 0 Å². The normalized spacial score (nSPS) is 23.0. The van der Waals surface area contributed by atoms with Crippen LogP contribution in [0, 0.1) is 5.82 Å². The van der Waals surface area contributed by atoms with Gasteiger partial charge in [-0.15, -0.1) is 0 Å². The molecule has 0 N–H and O–H groups in total. The zero-order chi connectivity index (χ0) is 19.8. The Morgan fingerprint density at radius 2 is 1.90 bits per heavy atom. The Labute approximate surface area is 168 Å². The molecule has 5 rings (SSSR count). The van der Waals surface area contributed by atoms with Crippen LogP contribution in [0.4, 0.5) is 9.18 Å². The van der Waals surface area contributed by atoms with Crippen LogP contribution >= 0.6 is 0 Å². The van der Waals surface area contributed by atoms with Crippen LogP contribution in [0.5, 0.6) is 0 Å². The van der Waals surface area contributed by atoms with E-state index in [9.17, 15) is 9.18 Å². The topological polar surface area (TPSA) is 54.4 Å². The van der Waals surface area contributed by atoms with E-state index in [1.54, 1.807) is 17.0 Å². The van der Waals surface area contributed by atoms with Crippen LogP contribution in [0.1, 0.15) is 29.2 Å². The van der Waals surface area contributed by atoms with E-state index in [1.807, 2.05) is 12.1 Å². The van der Waals surface area contributed by atoms with E-state index in [0.29, 0.717) is 12.6 Å². The molecule has 3 aliphatic heterocycles. The predicted molar refractivity (Wildman–Crippen MR) is 105 cm³/mol. The Morgan fingerprint density at radius 1 is 1.10 bits per heavy atom. The SMILES string of the molecule is O=C(O[C@H]1CN=C(N2CCc3ccccc3[C@@H]2c2ccc(F)cc2)O1)N1CCC1. The van der Waals surface area contributed by atoms with Crippen molar-refractivity contribution >= 4 is 12.1 Å². The summed E-state index contributed by atoms with van der Waals surface area (Å²) in [4.78, 5) is 20.3. The van der Waals surface area contributed by atoms with Gasteiger partial charge in [-0.3, -0.25) is 0 Å². The number of fused-ring (bicyclic) bond motifs is 1. The van der Waals surface area contributed by atoms with Gasteiger partial charge in [-0.25, -0.2) is 14.2 Å². The first-order valence-corrected chi connectivity index (χ1v) is 9.95. The van der Waals surface area contributed by atoms with Gasteiger partial charge >= 0.3 is 6.09 Å². The van der Waals surface area contributed by atoms with Gasteiger partial charge in [0.1, 0.15) is 12.4 Å². The molecule has 2 aromatic rings. The second kappa shape index (κ2) is 7.39. The lowest BCUT2D eigenvalue weighted by atomic mass is 9.88. The number of benzene rings is 2. The van der Waals surface area contributed by atoms with E-state index < -0.39 is 6.29 Å². The fourth-order valence-electron chi connectivity index (χ4n) is 4.03. The highest BCUT2D eigenvalue weighted by Gasteiger charge is 2.36. The van der Waals surface area contributed by atoms with Crippen molar-refractivity contribution in [3.8, 4) is 0 Å². The Kier molecular flexibility index (Phi) is 4.58. The van der Waals surface area contributed by atoms with Crippen LogP contribution in [-0.4, -0.2) is 54.4 Å². The van der Waals surface area contributed by atoms with Crippen LogP contribution in [0.2, 0.25) is 0 Å². The van der Waals surface area contributed by atoms with E-state index in [0.717, 1.165) is 37.1 Å². The number of hydrogen-bond acceptors (Lipinski definition) is 5. The number of rotatable bonds is 2. The number of carbonyl (C=O) groups excluding carboxylic acids is 1. The lowest BCUT2D eigenvalue weighted by Gasteiger charge is -2.38. The van der Waals surface area contributed by atoms with Crippen molar-refractivity contribution in [2.45, 2.75) is 25.2 Å². The molecule has 1 fully saturated rings. The van der Waals surface area contributed by atoms with Gasteiger partial charge in [0.15, 0.2) is 0 Å². The summed E-state index contributed by atoms with van der Waals surface area (Å²) in [5.74, 6) is -0.267. The Bertz CT molecular complexity index is 943. The van der Waals surface area contributed by atoms with Crippen molar-refractivity contribution in [2.24, 2.45) is 4.99 Å². The fourth-order valence-corrected chi connectivity index (χ4v) is 4.03. The predicted octanol–water partition coefficient (Wildman–Crippen LogP) is 3.33. The molecule has 0 spiro atoms. The molecule has 0 unspecified atom stereocenters. The number of amides is 1. The molecular formula is C22H22FN3O3. The number of nitrogens with zero attached hydrogens (tertiary/aromatic N) is 3. The molecule has 7 heteroatoms. The van der Waals surface area contributed by atoms with E-state index in [-0.39, 0.29) is 24.5 Å². The first-order chi connectivity index (χ1) is 14.2. The first-order valence-electron chi connectivity index (χ1n) is 9.95. The molecule has 3 aliphatic rings. The minimum absolute atomic E-state index is 0.135. The van der Waals surface area contributed by atoms with Crippen LogP contribution in [0.15, 0.2) is 53.5 Å². The lowest BCUT2D eigenvalue weighted by Crippen LogP contribution is -2.45. The van der Waals surface area contributed by atoms with Crippen molar-refractivity contribution in [1.82, 2.24) is 9.80 Å². The molecule has 1 saturated heterocycles. The van der Waals surface area contributed by atoms with Gasteiger partial charge < -0.3 is 19.3 Å². The van der Waals surface area contributed by atoms with Crippen molar-refractivity contribution in [2.75, 3.05) is 26.2 Å². The molecule has 2 atom stereocenters. The fraction of sp³-hybridized carbons (Fsp3) is 0.364. The highest BCUT2D eigenvalue weighted by Crippen LogP contribution is 2.36. The molecule has 6 nitrogen and oxygen atoms in total. The number of aliphatic imine (C=N–C) groups is 1. The summed E-state index contributed by atoms with van der Waals surface area (Å²) in [6.07, 6.45) is 0.810. The summed E-state index contributed by atoms with van der Waals surface area (Å²) in [6.45, 7) is 2.46. The smallest absolute Gasteiger partial charge is 0.412 e. The standard InChI is InChI=1S/C22H22FN3O3/c23-17-8-6-16(7-9-17)20-18-5-2-1-4-15(18)10-13-26(20)21-24-14-19(28-21)29-22(27)25-11-3-12-25/h1-2,4-9,19-20H,3,10-14H2/t19-,20-/m0/s1. The van der Waals surface area contributed by atoms with Gasteiger partial charge in [0.2, 0.25) is 0 Å². The molecule has 29 heavy (non-hydrogen) atoms. The molecule has 1 amide bonds. The monoisotopic (exact) mass is 395 g/mol. The Morgan fingerprint density at radius 3 is 2.66 bits per heavy atom. The molecule has 0 saturated carbocycles. The third-order valence-electron chi connectivity index (χ3n) is 5.67. The number of carbonyl (C=O) groups is 1. The van der Waals surface area contributed by atoms with Crippen molar-refractivity contribution in [3.05, 3.63) is 71.0 Å². The number of ether oxygens (including phenoxy) is 2. The Hall–Kier alpha value is -3.09. The van der Waals surface area contributed by atoms with Crippen molar-refractivity contribution < 1.29 is 18.7 Å². The van der Waals surface area contributed by atoms with Crippen LogP contribution < -0.4 is 0 Å². The maximum atomic E-state index is 13.5. The summed E-state index contributed by atoms with van der Waals surface area (Å²) >= 11 is 0. The van der Waals surface area contributed by atoms with Gasteiger partial charge in [-0.05, 0) is 41.7 Å². The number of halogens is 1. The summed E-state index contributed by atoms with van der Waals surface area (Å²) in [5.41, 5.74) is 3.38. The molecule has 0 aliphatic carbocycles. The van der Waals surface area contributed by atoms with E-state index in [4.69, 9.17) is 9.47 Å². The van der Waals surface area contributed by atoms with Crippen molar-refractivity contribution in [1.29, 1.82) is 0 Å². The summed E-state index contributed by atoms with van der Waals surface area (Å²) < 4.78 is 24.9. The average Bonchev–Trinajstić information content (AvgIpc) is 3.14. The van der Waals surface area contributed by atoms with E-state index >= 15 is 0 Å². The first kappa shape index (κ1) is 18.0. The second-order valence-electron chi connectivity index (χ2n) is 7.49. The summed E-state index contributed by atoms with van der Waals surface area (Å²) in [6, 6.07) is 15.1. The maximum absolute atomic E-state index is 13.5. The quantitative estimate of drug-likeness (QED) is 0.783. The van der Waals surface area contributed by atoms with Crippen LogP contribution in [0.25, 0.3) is 0 Å². The van der Waals surface area contributed by atoms with E-state index in [2.05, 4.69) is 22.0 Å². The van der Waals surface area contributed by atoms with Crippen LogP contribution in [-0.2, 0) is 15.9 Å². The largest absolute Gasteiger partial charge is 0.422 e. The zero-order valence-corrected chi connectivity index (χ0v) is 16.0. The third kappa shape index (κ3) is 3.41. The van der Waals surface area contributed by atoms with Crippen molar-refractivity contribution in [3.63, 3.8) is 0 Å². The minimum atomic E-state index is -0.705. The zero-order valence-electron chi connectivity index (χ0n) is 16.0. The summed E-state index contributed by atoms with van der Waals surface area (Å²) in [5, 5.41) is 0. The van der Waals surface area contributed by atoms with Gasteiger partial charge in [0.05, 0.1) is 6.04 Å². The highest BCUT2D eigenvalue weighted by atomic mass is 19.1. The lowest BCUT2D eigenvalue weighted by molar-refractivity contribution is -0.0490. The Balaban J connectivity index is 1.38. The maximum Gasteiger partial charge on any atom is 0.412 e. The average molecular weight is 395 g/mol. The van der Waals surface area contributed by atoms with E-state index in [1.165, 1.54) is 17.7 Å². The van der Waals surface area contributed by atoms with Gasteiger partial charge in [-0.1, -0.05) is 36.4 Å². The summed E-state index contributed by atoms with van der Waals surface area (Å²) in [7, 11) is 0. The molecule has 3 heterocycles. The second-order valence-corrected chi connectivity index (χ2v) is 7.49. The van der Waals surface area contributed by atoms with Gasteiger partial charge in [0.25, 0.3) is 12.3 Å². The molecule has 150 valence electrons. The molecule has 0 radical (unpaired) electrons. The van der Waals surface area contributed by atoms with Gasteiger partial charge in [0, 0.05) is 19.6 Å². The van der Waals surface area contributed by atoms with Crippen LogP contribution in [0.3, 0.4) is 0 Å². The molecule has 0 bridgehead atoms. The highest BCUT2D eigenvalue weighted by molar-refractivity contribution is 5.77. The number of amidine groups is 1. The molecule has 0 aromatic heterocycles. The number of likely N-dealkylation sites (tertiary alicyclic amines) is 1. The molecular weight excluding hydrogens is 373 g/mol. The molecule has 2 aromatic carbocycles. The third-order valence-corrected chi connectivity index (χ3v) is 5.67. The minimum Gasteiger partial charge on any atom is -0.422 e. The number of hydrogen-bond donors (Lipinski definition) is 0.